The van der Waals surface area contributed by atoms with E-state index in [0.29, 0.717) is 11.8 Å². The van der Waals surface area contributed by atoms with E-state index in [-0.39, 0.29) is 17.3 Å². The number of likely N-dealkylation sites (N-methyl/N-ethyl adjacent to an activating group) is 1. The molecule has 24 heavy (non-hydrogen) atoms. The Morgan fingerprint density at radius 2 is 2.08 bits per heavy atom. The fraction of sp³-hybridized carbons (Fsp3) is 0.500. The molecule has 1 aromatic carbocycles. The molecule has 1 unspecified atom stereocenters. The fourth-order valence-corrected chi connectivity index (χ4v) is 4.95. The van der Waals surface area contributed by atoms with Crippen LogP contribution in [0.2, 0.25) is 0 Å². The summed E-state index contributed by atoms with van der Waals surface area (Å²) in [5.74, 6) is 1.77. The van der Waals surface area contributed by atoms with E-state index in [1.54, 1.807) is 13.2 Å². The highest BCUT2D eigenvalue weighted by atomic mass is 16.5. The maximum Gasteiger partial charge on any atom is 0.169 e. The number of hydrogen-bond acceptors (Lipinski definition) is 4. The van der Waals surface area contributed by atoms with Crippen LogP contribution in [0.4, 0.5) is 0 Å². The van der Waals surface area contributed by atoms with Crippen LogP contribution in [-0.2, 0) is 16.6 Å². The minimum absolute atomic E-state index is 0.143. The topological polar surface area (TPSA) is 41.9 Å². The van der Waals surface area contributed by atoms with E-state index >= 15 is 0 Å². The zero-order valence-electron chi connectivity index (χ0n) is 14.8. The fourth-order valence-electron chi connectivity index (χ4n) is 4.95. The number of aromatic hydroxyl groups is 1. The Morgan fingerprint density at radius 1 is 1.29 bits per heavy atom. The van der Waals surface area contributed by atoms with Gasteiger partial charge in [-0.1, -0.05) is 26.0 Å². The van der Waals surface area contributed by atoms with Crippen molar-refractivity contribution >= 4 is 0 Å². The number of hydrogen-bond donors (Lipinski definition) is 1. The first kappa shape index (κ1) is 15.6. The number of piperidine rings is 1. The van der Waals surface area contributed by atoms with E-state index < -0.39 is 0 Å². The molecule has 4 heteroatoms. The molecule has 1 aromatic rings. The standard InChI is InChI=1S/C18H19NO3.C2H6/c1-19-8-7-18-11-4-6-14(21-2)17(18)22-16-13(20)5-3-10(15(16)18)9-12(11)19;1-2/h3-6,12,17,20H,7-9H2,1-2H3;1-2H3/t12?,17-,18-;/m0./s1. The van der Waals surface area contributed by atoms with Crippen LogP contribution in [-0.4, -0.2) is 42.9 Å². The largest absolute Gasteiger partial charge is 0.504 e. The van der Waals surface area contributed by atoms with Gasteiger partial charge in [-0.05, 0) is 49.7 Å². The summed E-state index contributed by atoms with van der Waals surface area (Å²) in [6.07, 6.45) is 6.11. The summed E-state index contributed by atoms with van der Waals surface area (Å²) in [5.41, 5.74) is 3.78. The molecule has 2 aliphatic heterocycles. The quantitative estimate of drug-likeness (QED) is 0.860. The summed E-state index contributed by atoms with van der Waals surface area (Å²) in [4.78, 5) is 2.44. The Morgan fingerprint density at radius 3 is 2.83 bits per heavy atom. The molecule has 4 aliphatic rings. The van der Waals surface area contributed by atoms with Crippen molar-refractivity contribution in [3.8, 4) is 11.5 Å². The number of phenols is 1. The van der Waals surface area contributed by atoms with Crippen LogP contribution in [0.1, 0.15) is 31.4 Å². The summed E-state index contributed by atoms with van der Waals surface area (Å²) in [7, 11) is 3.90. The average molecular weight is 327 g/mol. The van der Waals surface area contributed by atoms with Crippen LogP contribution in [0.5, 0.6) is 11.5 Å². The van der Waals surface area contributed by atoms with Crippen molar-refractivity contribution in [2.45, 2.75) is 44.2 Å². The van der Waals surface area contributed by atoms with Gasteiger partial charge in [0, 0.05) is 11.6 Å². The normalized spacial score (nSPS) is 31.8. The van der Waals surface area contributed by atoms with Gasteiger partial charge in [0.1, 0.15) is 5.76 Å². The Labute approximate surface area is 143 Å². The molecule has 0 saturated carbocycles. The Balaban J connectivity index is 0.000000704. The van der Waals surface area contributed by atoms with Crippen molar-refractivity contribution in [1.82, 2.24) is 4.90 Å². The first-order valence-electron chi connectivity index (χ1n) is 8.85. The lowest BCUT2D eigenvalue weighted by molar-refractivity contribution is 0.0735. The molecule has 0 radical (unpaired) electrons. The molecule has 1 fully saturated rings. The van der Waals surface area contributed by atoms with Gasteiger partial charge < -0.3 is 14.6 Å². The zero-order chi connectivity index (χ0) is 17.1. The second-order valence-corrected chi connectivity index (χ2v) is 6.76. The molecule has 1 saturated heterocycles. The van der Waals surface area contributed by atoms with Gasteiger partial charge in [-0.2, -0.15) is 0 Å². The summed E-state index contributed by atoms with van der Waals surface area (Å²) in [5, 5.41) is 10.3. The molecular formula is C20H25NO3. The Kier molecular flexibility index (Phi) is 3.43. The molecule has 1 spiro atoms. The van der Waals surface area contributed by atoms with Crippen LogP contribution in [0.3, 0.4) is 0 Å². The van der Waals surface area contributed by atoms with Crippen molar-refractivity contribution in [1.29, 1.82) is 0 Å². The predicted molar refractivity (Wildman–Crippen MR) is 93.5 cm³/mol. The van der Waals surface area contributed by atoms with Crippen LogP contribution in [0.25, 0.3) is 0 Å². The molecular weight excluding hydrogens is 302 g/mol. The average Bonchev–Trinajstić information content (AvgIpc) is 2.97. The van der Waals surface area contributed by atoms with E-state index in [2.05, 4.69) is 24.1 Å². The third kappa shape index (κ3) is 1.67. The van der Waals surface area contributed by atoms with Gasteiger partial charge in [-0.15, -0.1) is 0 Å². The summed E-state index contributed by atoms with van der Waals surface area (Å²) < 4.78 is 11.8. The van der Waals surface area contributed by atoms with Crippen LogP contribution in [0, 0.1) is 0 Å². The Hall–Kier alpha value is -1.94. The van der Waals surface area contributed by atoms with Gasteiger partial charge in [0.25, 0.3) is 0 Å². The molecule has 0 amide bonds. The van der Waals surface area contributed by atoms with Crippen LogP contribution < -0.4 is 4.74 Å². The zero-order valence-corrected chi connectivity index (χ0v) is 14.8. The van der Waals surface area contributed by atoms with Gasteiger partial charge in [0.15, 0.2) is 17.6 Å². The smallest absolute Gasteiger partial charge is 0.169 e. The van der Waals surface area contributed by atoms with Crippen LogP contribution >= 0.6 is 0 Å². The molecule has 2 aliphatic carbocycles. The number of allylic oxidation sites excluding steroid dienone is 2. The molecule has 2 bridgehead atoms. The second-order valence-electron chi connectivity index (χ2n) is 6.76. The number of phenolic OH excluding ortho intramolecular Hbond substituents is 1. The molecule has 5 rings (SSSR count). The lowest BCUT2D eigenvalue weighted by Gasteiger charge is -2.52. The van der Waals surface area contributed by atoms with Gasteiger partial charge in [0.2, 0.25) is 0 Å². The molecule has 1 N–H and O–H groups in total. The number of nitrogens with zero attached hydrogens (tertiary/aromatic N) is 1. The molecule has 0 aromatic heterocycles. The van der Waals surface area contributed by atoms with Crippen LogP contribution in [0.15, 0.2) is 35.6 Å². The van der Waals surface area contributed by atoms with E-state index in [0.717, 1.165) is 25.1 Å². The SMILES string of the molecule is CC.COC1=CC=C2C3Cc4ccc(O)c5c4[C@@]2(CCN3C)[C@H]1O5. The van der Waals surface area contributed by atoms with E-state index in [1.165, 1.54) is 16.7 Å². The third-order valence-corrected chi connectivity index (χ3v) is 5.95. The highest BCUT2D eigenvalue weighted by Gasteiger charge is 2.61. The number of rotatable bonds is 1. The third-order valence-electron chi connectivity index (χ3n) is 5.95. The van der Waals surface area contributed by atoms with Crippen molar-refractivity contribution in [3.05, 3.63) is 46.7 Å². The maximum atomic E-state index is 10.3. The number of benzene rings is 1. The van der Waals surface area contributed by atoms with Gasteiger partial charge in [-0.25, -0.2) is 0 Å². The first-order chi connectivity index (χ1) is 11.7. The van der Waals surface area contributed by atoms with Crippen molar-refractivity contribution in [3.63, 3.8) is 0 Å². The van der Waals surface area contributed by atoms with E-state index in [1.807, 2.05) is 19.9 Å². The number of ether oxygens (including phenoxy) is 2. The highest BCUT2D eigenvalue weighted by molar-refractivity contribution is 5.67. The van der Waals surface area contributed by atoms with Crippen molar-refractivity contribution in [2.75, 3.05) is 20.7 Å². The van der Waals surface area contributed by atoms with Gasteiger partial charge >= 0.3 is 0 Å². The summed E-state index contributed by atoms with van der Waals surface area (Å²) in [6, 6.07) is 4.25. The van der Waals surface area contributed by atoms with E-state index in [9.17, 15) is 5.11 Å². The van der Waals surface area contributed by atoms with E-state index in [4.69, 9.17) is 9.47 Å². The number of likely N-dealkylation sites (tertiary alicyclic amines) is 1. The lowest BCUT2D eigenvalue weighted by atomic mass is 9.57. The molecule has 3 atom stereocenters. The predicted octanol–water partition coefficient (Wildman–Crippen LogP) is 3.15. The van der Waals surface area contributed by atoms with Gasteiger partial charge in [-0.3, -0.25) is 4.90 Å². The Bertz CT molecular complexity index is 751. The van der Waals surface area contributed by atoms with Gasteiger partial charge in [0.05, 0.1) is 12.5 Å². The maximum absolute atomic E-state index is 10.3. The molecule has 2 heterocycles. The summed E-state index contributed by atoms with van der Waals surface area (Å²) in [6.45, 7) is 5.04. The second kappa shape index (κ2) is 5.28. The molecule has 128 valence electrons. The van der Waals surface area contributed by atoms with Crippen molar-refractivity contribution in [2.24, 2.45) is 0 Å². The molecule has 4 nitrogen and oxygen atoms in total. The number of methoxy groups -OCH3 is 1. The minimum Gasteiger partial charge on any atom is -0.504 e. The lowest BCUT2D eigenvalue weighted by Crippen LogP contribution is -2.58. The van der Waals surface area contributed by atoms with Crippen molar-refractivity contribution < 1.29 is 14.6 Å². The monoisotopic (exact) mass is 327 g/mol. The highest BCUT2D eigenvalue weighted by Crippen LogP contribution is 2.62. The minimum atomic E-state index is -0.154. The first-order valence-corrected chi connectivity index (χ1v) is 8.85. The summed E-state index contributed by atoms with van der Waals surface area (Å²) >= 11 is 0.